The first-order valence-electron chi connectivity index (χ1n) is 8.13. The van der Waals surface area contributed by atoms with Crippen molar-refractivity contribution in [2.45, 2.75) is 24.8 Å². The molecule has 0 spiro atoms. The van der Waals surface area contributed by atoms with Crippen molar-refractivity contribution >= 4 is 0 Å². The lowest BCUT2D eigenvalue weighted by atomic mass is 9.76. The van der Waals surface area contributed by atoms with Crippen LogP contribution in [-0.2, 0) is 6.42 Å². The van der Waals surface area contributed by atoms with Crippen LogP contribution in [0.1, 0.15) is 29.0 Å². The van der Waals surface area contributed by atoms with Gasteiger partial charge < -0.3 is 14.2 Å². The van der Waals surface area contributed by atoms with E-state index in [0.29, 0.717) is 17.9 Å². The van der Waals surface area contributed by atoms with Gasteiger partial charge in [0.15, 0.2) is 11.5 Å². The molecule has 0 aliphatic heterocycles. The van der Waals surface area contributed by atoms with Crippen LogP contribution in [0.2, 0.25) is 0 Å². The summed E-state index contributed by atoms with van der Waals surface area (Å²) in [6.45, 7) is 0. The first-order chi connectivity index (χ1) is 12.2. The molecule has 130 valence electrons. The van der Waals surface area contributed by atoms with Gasteiger partial charge in [0, 0.05) is 16.9 Å². The maximum Gasteiger partial charge on any atom is 0.161 e. The molecule has 1 aliphatic carbocycles. The van der Waals surface area contributed by atoms with Gasteiger partial charge in [0.25, 0.3) is 0 Å². The van der Waals surface area contributed by atoms with Crippen molar-refractivity contribution in [2.24, 2.45) is 5.11 Å². The second kappa shape index (κ2) is 7.36. The lowest BCUT2D eigenvalue weighted by Gasteiger charge is -2.31. The molecule has 0 fully saturated rings. The fourth-order valence-electron chi connectivity index (χ4n) is 3.49. The maximum atomic E-state index is 8.87. The SMILES string of the molecule is COc1ccc([C@@H]2C[C@@H](N=[N+]=[N-])Cc3cc(OC)c(OC)cc32)cc1. The number of rotatable bonds is 5. The number of ether oxygens (including phenoxy) is 3. The van der Waals surface area contributed by atoms with Gasteiger partial charge in [-0.1, -0.05) is 17.2 Å². The highest BCUT2D eigenvalue weighted by molar-refractivity contribution is 5.52. The van der Waals surface area contributed by atoms with E-state index in [9.17, 15) is 0 Å². The minimum atomic E-state index is -0.0808. The second-order valence-electron chi connectivity index (χ2n) is 6.03. The molecule has 0 amide bonds. The van der Waals surface area contributed by atoms with E-state index in [4.69, 9.17) is 19.7 Å². The lowest BCUT2D eigenvalue weighted by Crippen LogP contribution is -2.22. The van der Waals surface area contributed by atoms with Crippen LogP contribution in [0, 0.1) is 0 Å². The number of nitrogens with zero attached hydrogens (tertiary/aromatic N) is 3. The van der Waals surface area contributed by atoms with E-state index in [1.165, 1.54) is 5.56 Å². The van der Waals surface area contributed by atoms with Gasteiger partial charge in [-0.3, -0.25) is 0 Å². The summed E-state index contributed by atoms with van der Waals surface area (Å²) in [5.41, 5.74) is 12.3. The first kappa shape index (κ1) is 17.0. The van der Waals surface area contributed by atoms with Crippen molar-refractivity contribution in [2.75, 3.05) is 21.3 Å². The molecule has 25 heavy (non-hydrogen) atoms. The minimum Gasteiger partial charge on any atom is -0.497 e. The van der Waals surface area contributed by atoms with Gasteiger partial charge in [0.05, 0.1) is 21.3 Å². The van der Waals surface area contributed by atoms with E-state index >= 15 is 0 Å². The lowest BCUT2D eigenvalue weighted by molar-refractivity contribution is 0.352. The molecule has 2 aromatic rings. The molecule has 2 atom stereocenters. The zero-order valence-corrected chi connectivity index (χ0v) is 14.6. The van der Waals surface area contributed by atoms with E-state index in [1.54, 1.807) is 21.3 Å². The summed E-state index contributed by atoms with van der Waals surface area (Å²) in [7, 11) is 4.91. The zero-order valence-electron chi connectivity index (χ0n) is 14.6. The monoisotopic (exact) mass is 339 g/mol. The van der Waals surface area contributed by atoms with Crippen molar-refractivity contribution in [1.82, 2.24) is 0 Å². The molecule has 1 aliphatic rings. The molecule has 0 radical (unpaired) electrons. The van der Waals surface area contributed by atoms with Crippen molar-refractivity contribution in [3.8, 4) is 17.2 Å². The van der Waals surface area contributed by atoms with E-state index in [2.05, 4.69) is 22.2 Å². The van der Waals surface area contributed by atoms with Gasteiger partial charge in [-0.15, -0.1) is 0 Å². The Hall–Kier alpha value is -2.85. The summed E-state index contributed by atoms with van der Waals surface area (Å²) in [4.78, 5) is 3.01. The highest BCUT2D eigenvalue weighted by Crippen LogP contribution is 2.43. The summed E-state index contributed by atoms with van der Waals surface area (Å²) >= 11 is 0. The molecule has 6 nitrogen and oxygen atoms in total. The maximum absolute atomic E-state index is 8.87. The van der Waals surface area contributed by atoms with Crippen LogP contribution in [0.5, 0.6) is 17.2 Å². The number of azide groups is 1. The van der Waals surface area contributed by atoms with Crippen LogP contribution in [-0.4, -0.2) is 27.4 Å². The molecule has 2 aromatic carbocycles. The normalized spacial score (nSPS) is 18.7. The number of hydrogen-bond donors (Lipinski definition) is 0. The van der Waals surface area contributed by atoms with Crippen LogP contribution >= 0.6 is 0 Å². The van der Waals surface area contributed by atoms with Crippen molar-refractivity contribution < 1.29 is 14.2 Å². The summed E-state index contributed by atoms with van der Waals surface area (Å²) in [6, 6.07) is 12.0. The summed E-state index contributed by atoms with van der Waals surface area (Å²) in [5, 5.41) is 3.97. The van der Waals surface area contributed by atoms with Crippen LogP contribution in [0.3, 0.4) is 0 Å². The molecule has 0 N–H and O–H groups in total. The Morgan fingerprint density at radius 2 is 1.68 bits per heavy atom. The van der Waals surface area contributed by atoms with Gasteiger partial charge in [0.1, 0.15) is 5.75 Å². The summed E-state index contributed by atoms with van der Waals surface area (Å²) in [6.07, 6.45) is 1.46. The predicted octanol–water partition coefficient (Wildman–Crippen LogP) is 4.47. The van der Waals surface area contributed by atoms with Gasteiger partial charge >= 0.3 is 0 Å². The van der Waals surface area contributed by atoms with E-state index in [0.717, 1.165) is 23.3 Å². The van der Waals surface area contributed by atoms with Crippen LogP contribution in [0.4, 0.5) is 0 Å². The third kappa shape index (κ3) is 3.35. The average molecular weight is 339 g/mol. The molecule has 0 unspecified atom stereocenters. The Morgan fingerprint density at radius 3 is 2.28 bits per heavy atom. The highest BCUT2D eigenvalue weighted by Gasteiger charge is 2.29. The van der Waals surface area contributed by atoms with Crippen LogP contribution in [0.25, 0.3) is 10.4 Å². The topological polar surface area (TPSA) is 76.5 Å². The molecule has 3 rings (SSSR count). The average Bonchev–Trinajstić information content (AvgIpc) is 2.66. The third-order valence-corrected chi connectivity index (χ3v) is 4.72. The van der Waals surface area contributed by atoms with E-state index in [-0.39, 0.29) is 12.0 Å². The van der Waals surface area contributed by atoms with E-state index < -0.39 is 0 Å². The second-order valence-corrected chi connectivity index (χ2v) is 6.03. The fraction of sp³-hybridized carbons (Fsp3) is 0.368. The Labute approximate surface area is 147 Å². The quantitative estimate of drug-likeness (QED) is 0.458. The molecular formula is C19H21N3O3. The predicted molar refractivity (Wildman–Crippen MR) is 95.6 cm³/mol. The number of fused-ring (bicyclic) bond motifs is 1. The third-order valence-electron chi connectivity index (χ3n) is 4.72. The van der Waals surface area contributed by atoms with Gasteiger partial charge in [-0.2, -0.15) is 0 Å². The summed E-state index contributed by atoms with van der Waals surface area (Å²) in [5.74, 6) is 2.35. The van der Waals surface area contributed by atoms with E-state index in [1.807, 2.05) is 24.3 Å². The molecular weight excluding hydrogens is 318 g/mol. The largest absolute Gasteiger partial charge is 0.497 e. The number of benzene rings is 2. The molecule has 6 heteroatoms. The molecule has 0 bridgehead atoms. The van der Waals surface area contributed by atoms with Crippen LogP contribution < -0.4 is 14.2 Å². The molecule has 0 heterocycles. The number of hydrogen-bond acceptors (Lipinski definition) is 4. The molecule has 0 saturated heterocycles. The smallest absolute Gasteiger partial charge is 0.161 e. The Balaban J connectivity index is 2.09. The van der Waals surface area contributed by atoms with Crippen molar-refractivity contribution in [1.29, 1.82) is 0 Å². The Morgan fingerprint density at radius 1 is 1.00 bits per heavy atom. The fourth-order valence-corrected chi connectivity index (χ4v) is 3.49. The summed E-state index contributed by atoms with van der Waals surface area (Å²) < 4.78 is 16.1. The zero-order chi connectivity index (χ0) is 17.8. The first-order valence-corrected chi connectivity index (χ1v) is 8.13. The van der Waals surface area contributed by atoms with Gasteiger partial charge in [-0.25, -0.2) is 0 Å². The van der Waals surface area contributed by atoms with Gasteiger partial charge in [0.2, 0.25) is 0 Å². The molecule has 0 aromatic heterocycles. The Bertz CT molecular complexity index is 798. The van der Waals surface area contributed by atoms with Crippen molar-refractivity contribution in [3.63, 3.8) is 0 Å². The number of methoxy groups -OCH3 is 3. The Kier molecular flexibility index (Phi) is 5.00. The van der Waals surface area contributed by atoms with Crippen LogP contribution in [0.15, 0.2) is 41.5 Å². The highest BCUT2D eigenvalue weighted by atomic mass is 16.5. The minimum absolute atomic E-state index is 0.0808. The molecule has 0 saturated carbocycles. The standard InChI is InChI=1S/C19H21N3O3/c1-23-15-6-4-12(5-7-15)16-10-14(21-22-20)8-13-9-18(24-2)19(25-3)11-17(13)16/h4-7,9,11,14,16H,8,10H2,1-3H3/t14-,16-/m0/s1. The van der Waals surface area contributed by atoms with Crippen molar-refractivity contribution in [3.05, 3.63) is 63.5 Å². The van der Waals surface area contributed by atoms with Gasteiger partial charge in [-0.05, 0) is 59.3 Å².